The molecule has 28 heavy (non-hydrogen) atoms. The molecule has 1 aromatic carbocycles. The number of carbonyl (C=O) groups is 1. The molecule has 5 rings (SSSR count). The third-order valence-corrected chi connectivity index (χ3v) is 5.77. The Balaban J connectivity index is 1.41. The van der Waals surface area contributed by atoms with Gasteiger partial charge in [0, 0.05) is 23.1 Å². The zero-order chi connectivity index (χ0) is 19.1. The van der Waals surface area contributed by atoms with Gasteiger partial charge in [-0.3, -0.25) is 9.20 Å². The van der Waals surface area contributed by atoms with Gasteiger partial charge in [-0.15, -0.1) is 10.2 Å². The second kappa shape index (κ2) is 6.75. The molecule has 1 aliphatic rings. The Morgan fingerprint density at radius 2 is 1.93 bits per heavy atom. The van der Waals surface area contributed by atoms with E-state index in [9.17, 15) is 4.79 Å². The predicted molar refractivity (Wildman–Crippen MR) is 105 cm³/mol. The first-order valence-electron chi connectivity index (χ1n) is 9.13. The van der Waals surface area contributed by atoms with Crippen LogP contribution in [0.4, 0.5) is 5.69 Å². The smallest absolute Gasteiger partial charge is 0.269 e. The fourth-order valence-corrected chi connectivity index (χ4v) is 4.03. The lowest BCUT2D eigenvalue weighted by Gasteiger charge is -2.14. The van der Waals surface area contributed by atoms with Gasteiger partial charge in [-0.25, -0.2) is 4.98 Å². The quantitative estimate of drug-likeness (QED) is 0.576. The van der Waals surface area contributed by atoms with Crippen LogP contribution in [0.1, 0.15) is 39.6 Å². The molecule has 0 fully saturated rings. The number of aryl methyl sites for hydroxylation is 3. The number of nitrogens with one attached hydrogen (secondary N) is 1. The van der Waals surface area contributed by atoms with Crippen molar-refractivity contribution < 1.29 is 4.79 Å². The monoisotopic (exact) mass is 391 g/mol. The van der Waals surface area contributed by atoms with Gasteiger partial charge in [0.25, 0.3) is 11.7 Å². The topological polar surface area (TPSA) is 98.0 Å². The highest BCUT2D eigenvalue weighted by Gasteiger charge is 2.17. The van der Waals surface area contributed by atoms with Crippen molar-refractivity contribution in [3.63, 3.8) is 0 Å². The van der Waals surface area contributed by atoms with Gasteiger partial charge in [-0.2, -0.15) is 5.10 Å². The minimum absolute atomic E-state index is 0.199. The Morgan fingerprint density at radius 1 is 1.11 bits per heavy atom. The number of hydrogen-bond acceptors (Lipinski definition) is 7. The molecule has 0 bridgehead atoms. The third kappa shape index (κ3) is 2.93. The van der Waals surface area contributed by atoms with Crippen LogP contribution in [0.3, 0.4) is 0 Å². The van der Waals surface area contributed by atoms with Crippen molar-refractivity contribution in [2.75, 3.05) is 5.32 Å². The third-order valence-electron chi connectivity index (χ3n) is 4.94. The predicted octanol–water partition coefficient (Wildman–Crippen LogP) is 3.08. The van der Waals surface area contributed by atoms with E-state index < -0.39 is 0 Å². The highest BCUT2D eigenvalue weighted by atomic mass is 32.1. The largest absolute Gasteiger partial charge is 0.321 e. The van der Waals surface area contributed by atoms with Gasteiger partial charge < -0.3 is 5.32 Å². The van der Waals surface area contributed by atoms with Gasteiger partial charge in [0.2, 0.25) is 0 Å². The lowest BCUT2D eigenvalue weighted by Crippen LogP contribution is -2.12. The summed E-state index contributed by atoms with van der Waals surface area (Å²) in [6, 6.07) is 7.61. The van der Waals surface area contributed by atoms with E-state index in [1.165, 1.54) is 18.5 Å². The number of carbonyl (C=O) groups excluding carboxylic acids is 1. The molecule has 1 aliphatic carbocycles. The summed E-state index contributed by atoms with van der Waals surface area (Å²) < 4.78 is 5.86. The van der Waals surface area contributed by atoms with E-state index in [-0.39, 0.29) is 5.91 Å². The van der Waals surface area contributed by atoms with E-state index in [0.29, 0.717) is 22.0 Å². The fraction of sp³-hybridized carbons (Fsp3) is 0.263. The number of amides is 1. The highest BCUT2D eigenvalue weighted by Crippen LogP contribution is 2.25. The maximum Gasteiger partial charge on any atom is 0.269 e. The molecule has 0 spiro atoms. The Hall–Kier alpha value is -3.20. The molecule has 0 aliphatic heterocycles. The van der Waals surface area contributed by atoms with Crippen LogP contribution in [0.25, 0.3) is 17.0 Å². The molecule has 9 heteroatoms. The van der Waals surface area contributed by atoms with Gasteiger partial charge in [-0.1, -0.05) is 16.6 Å². The van der Waals surface area contributed by atoms with Gasteiger partial charge in [-0.05, 0) is 56.3 Å². The molecule has 1 amide bonds. The van der Waals surface area contributed by atoms with Gasteiger partial charge in [0.15, 0.2) is 0 Å². The van der Waals surface area contributed by atoms with Crippen LogP contribution in [0.5, 0.6) is 0 Å². The standard InChI is InChI=1S/C19H17N7OS/c1-11-17(28-25-22-11)18(27)20-13-8-6-12(7-9-13)15-10-26-16-5-3-2-4-14(16)23-24-19(26)21-15/h6-10H,2-5H2,1H3,(H,20,27). The summed E-state index contributed by atoms with van der Waals surface area (Å²) in [4.78, 5) is 17.4. The summed E-state index contributed by atoms with van der Waals surface area (Å²) in [5.74, 6) is 0.427. The van der Waals surface area contributed by atoms with E-state index >= 15 is 0 Å². The van der Waals surface area contributed by atoms with Crippen LogP contribution in [0.15, 0.2) is 30.5 Å². The van der Waals surface area contributed by atoms with Crippen molar-refractivity contribution in [1.82, 2.24) is 29.2 Å². The summed E-state index contributed by atoms with van der Waals surface area (Å²) in [7, 11) is 0. The van der Waals surface area contributed by atoms with Crippen molar-refractivity contribution in [2.24, 2.45) is 0 Å². The van der Waals surface area contributed by atoms with Crippen LogP contribution < -0.4 is 5.32 Å². The summed E-state index contributed by atoms with van der Waals surface area (Å²) >= 11 is 1.09. The van der Waals surface area contributed by atoms with Crippen molar-refractivity contribution in [1.29, 1.82) is 0 Å². The molecule has 0 unspecified atom stereocenters. The molecular formula is C19H17N7OS. The van der Waals surface area contributed by atoms with E-state index in [0.717, 1.165) is 41.3 Å². The van der Waals surface area contributed by atoms with Crippen LogP contribution in [-0.2, 0) is 12.8 Å². The summed E-state index contributed by atoms with van der Waals surface area (Å²) in [6.07, 6.45) is 6.35. The van der Waals surface area contributed by atoms with E-state index in [1.54, 1.807) is 6.92 Å². The van der Waals surface area contributed by atoms with Gasteiger partial charge in [0.1, 0.15) is 4.88 Å². The highest BCUT2D eigenvalue weighted by molar-refractivity contribution is 7.08. The molecule has 140 valence electrons. The first kappa shape index (κ1) is 16.9. The summed E-state index contributed by atoms with van der Waals surface area (Å²) in [6.45, 7) is 1.77. The Labute approximate surface area is 164 Å². The van der Waals surface area contributed by atoms with Gasteiger partial charge in [0.05, 0.1) is 17.1 Å². The van der Waals surface area contributed by atoms with Crippen LogP contribution in [-0.4, -0.2) is 35.1 Å². The van der Waals surface area contributed by atoms with Crippen molar-refractivity contribution in [3.8, 4) is 11.3 Å². The SMILES string of the molecule is Cc1nnsc1C(=O)Nc1ccc(-c2cn3c4c(nnc3n2)CCCC4)cc1. The lowest BCUT2D eigenvalue weighted by molar-refractivity contribution is 0.103. The number of benzene rings is 1. The minimum atomic E-state index is -0.199. The van der Waals surface area contributed by atoms with Crippen molar-refractivity contribution in [3.05, 3.63) is 52.4 Å². The second-order valence-corrected chi connectivity index (χ2v) is 7.57. The molecular weight excluding hydrogens is 374 g/mol. The number of fused-ring (bicyclic) bond motifs is 3. The average Bonchev–Trinajstić information content (AvgIpc) is 3.35. The first-order chi connectivity index (χ1) is 13.7. The zero-order valence-corrected chi connectivity index (χ0v) is 16.0. The fourth-order valence-electron chi connectivity index (χ4n) is 3.48. The Morgan fingerprint density at radius 3 is 2.71 bits per heavy atom. The number of anilines is 1. The molecule has 8 nitrogen and oxygen atoms in total. The van der Waals surface area contributed by atoms with E-state index in [4.69, 9.17) is 0 Å². The zero-order valence-electron chi connectivity index (χ0n) is 15.2. The van der Waals surface area contributed by atoms with Gasteiger partial charge >= 0.3 is 0 Å². The normalized spacial score (nSPS) is 13.5. The number of imidazole rings is 1. The molecule has 0 atom stereocenters. The molecule has 3 heterocycles. The molecule has 3 aromatic heterocycles. The number of nitrogens with zero attached hydrogens (tertiary/aromatic N) is 6. The number of aromatic nitrogens is 6. The second-order valence-electron chi connectivity index (χ2n) is 6.82. The average molecular weight is 391 g/mol. The number of hydrogen-bond donors (Lipinski definition) is 1. The van der Waals surface area contributed by atoms with E-state index in [2.05, 4.69) is 34.5 Å². The maximum absolute atomic E-state index is 12.3. The summed E-state index contributed by atoms with van der Waals surface area (Å²) in [5, 5.41) is 15.4. The molecule has 0 radical (unpaired) electrons. The molecule has 0 saturated heterocycles. The first-order valence-corrected chi connectivity index (χ1v) is 9.90. The van der Waals surface area contributed by atoms with Crippen molar-refractivity contribution in [2.45, 2.75) is 32.6 Å². The Kier molecular flexibility index (Phi) is 4.09. The van der Waals surface area contributed by atoms with Crippen LogP contribution in [0, 0.1) is 6.92 Å². The lowest BCUT2D eigenvalue weighted by atomic mass is 10.0. The van der Waals surface area contributed by atoms with Crippen LogP contribution >= 0.6 is 11.5 Å². The van der Waals surface area contributed by atoms with Crippen LogP contribution in [0.2, 0.25) is 0 Å². The number of rotatable bonds is 3. The van der Waals surface area contributed by atoms with E-state index in [1.807, 2.05) is 30.5 Å². The molecule has 1 N–H and O–H groups in total. The van der Waals surface area contributed by atoms with Crippen molar-refractivity contribution >= 4 is 28.9 Å². The molecule has 0 saturated carbocycles. The Bertz CT molecular complexity index is 1180. The molecule has 4 aromatic rings. The minimum Gasteiger partial charge on any atom is -0.321 e. The maximum atomic E-state index is 12.3. The summed E-state index contributed by atoms with van der Waals surface area (Å²) in [5.41, 5.74) is 5.44.